The van der Waals surface area contributed by atoms with Crippen molar-refractivity contribution in [2.24, 2.45) is 0 Å². The molecular weight excluding hydrogens is 514 g/mol. The third-order valence-electron chi connectivity index (χ3n) is 8.06. The number of pyridine rings is 1. The SMILES string of the molecule is N#Cc1ccc2c(c1)c1ccccc1n2-c1ccc(-c2cccnc2)cc1-n1c2ccccc2c2cc(C#N)ccc21. The van der Waals surface area contributed by atoms with E-state index >= 15 is 0 Å². The van der Waals surface area contributed by atoms with Crippen LogP contribution in [0.4, 0.5) is 0 Å². The number of nitrogens with zero attached hydrogens (tertiary/aromatic N) is 5. The summed E-state index contributed by atoms with van der Waals surface area (Å²) in [5.74, 6) is 0. The highest BCUT2D eigenvalue weighted by atomic mass is 15.1. The molecule has 0 radical (unpaired) electrons. The molecule has 194 valence electrons. The van der Waals surface area contributed by atoms with Crippen LogP contribution in [0, 0.1) is 22.7 Å². The van der Waals surface area contributed by atoms with E-state index in [9.17, 15) is 10.5 Å². The van der Waals surface area contributed by atoms with E-state index in [-0.39, 0.29) is 0 Å². The van der Waals surface area contributed by atoms with Gasteiger partial charge < -0.3 is 9.13 Å². The van der Waals surface area contributed by atoms with E-state index < -0.39 is 0 Å². The fraction of sp³-hybridized carbons (Fsp3) is 0. The van der Waals surface area contributed by atoms with Crippen LogP contribution in [0.25, 0.3) is 66.1 Å². The number of benzene rings is 5. The maximum Gasteiger partial charge on any atom is 0.0991 e. The Hall–Kier alpha value is -6.17. The zero-order chi connectivity index (χ0) is 28.2. The predicted molar refractivity (Wildman–Crippen MR) is 168 cm³/mol. The van der Waals surface area contributed by atoms with Crippen molar-refractivity contribution >= 4 is 43.6 Å². The van der Waals surface area contributed by atoms with Crippen molar-refractivity contribution in [3.8, 4) is 34.6 Å². The van der Waals surface area contributed by atoms with Crippen LogP contribution >= 0.6 is 0 Å². The molecule has 0 saturated heterocycles. The van der Waals surface area contributed by atoms with Gasteiger partial charge in [-0.25, -0.2) is 0 Å². The summed E-state index contributed by atoms with van der Waals surface area (Å²) in [6.07, 6.45) is 3.67. The summed E-state index contributed by atoms with van der Waals surface area (Å²) in [6.45, 7) is 0. The molecule has 8 rings (SSSR count). The van der Waals surface area contributed by atoms with Gasteiger partial charge >= 0.3 is 0 Å². The van der Waals surface area contributed by atoms with Crippen LogP contribution in [0.15, 0.2) is 128 Å². The molecule has 3 heterocycles. The van der Waals surface area contributed by atoms with Crippen molar-refractivity contribution < 1.29 is 0 Å². The third kappa shape index (κ3) is 3.45. The second-order valence-corrected chi connectivity index (χ2v) is 10.3. The summed E-state index contributed by atoms with van der Waals surface area (Å²) < 4.78 is 4.59. The van der Waals surface area contributed by atoms with Gasteiger partial charge in [0, 0.05) is 39.5 Å². The lowest BCUT2D eigenvalue weighted by Gasteiger charge is -2.18. The Morgan fingerprint density at radius 3 is 1.62 bits per heavy atom. The van der Waals surface area contributed by atoms with E-state index in [0.29, 0.717) is 11.1 Å². The van der Waals surface area contributed by atoms with Crippen LogP contribution in [-0.2, 0) is 0 Å². The number of para-hydroxylation sites is 2. The summed E-state index contributed by atoms with van der Waals surface area (Å²) >= 11 is 0. The molecule has 5 heteroatoms. The van der Waals surface area contributed by atoms with Crippen LogP contribution in [-0.4, -0.2) is 14.1 Å². The van der Waals surface area contributed by atoms with Gasteiger partial charge in [-0.3, -0.25) is 4.98 Å². The molecule has 0 aliphatic rings. The van der Waals surface area contributed by atoms with E-state index in [1.54, 1.807) is 6.20 Å². The van der Waals surface area contributed by atoms with Gasteiger partial charge in [-0.2, -0.15) is 10.5 Å². The molecule has 0 atom stereocenters. The molecule has 0 unspecified atom stereocenters. The van der Waals surface area contributed by atoms with Crippen LogP contribution in [0.2, 0.25) is 0 Å². The highest BCUT2D eigenvalue weighted by molar-refractivity contribution is 6.12. The first-order valence-corrected chi connectivity index (χ1v) is 13.7. The molecule has 3 aromatic heterocycles. The Morgan fingerprint density at radius 2 is 1.05 bits per heavy atom. The Bertz CT molecular complexity index is 2430. The van der Waals surface area contributed by atoms with Crippen LogP contribution in [0.5, 0.6) is 0 Å². The number of hydrogen-bond donors (Lipinski definition) is 0. The Morgan fingerprint density at radius 1 is 0.476 bits per heavy atom. The summed E-state index contributed by atoms with van der Waals surface area (Å²) in [4.78, 5) is 4.37. The van der Waals surface area contributed by atoms with Crippen molar-refractivity contribution in [2.45, 2.75) is 0 Å². The predicted octanol–water partition coefficient (Wildman–Crippen LogP) is 8.69. The molecule has 0 fully saturated rings. The average Bonchev–Trinajstić information content (AvgIpc) is 3.57. The molecule has 8 aromatic rings. The minimum absolute atomic E-state index is 0.630. The molecule has 0 N–H and O–H groups in total. The molecule has 5 aromatic carbocycles. The van der Waals surface area contributed by atoms with Gasteiger partial charge in [-0.1, -0.05) is 48.5 Å². The molecule has 42 heavy (non-hydrogen) atoms. The molecule has 0 amide bonds. The van der Waals surface area contributed by atoms with Crippen LogP contribution in [0.3, 0.4) is 0 Å². The standard InChI is InChI=1S/C37H21N5/c38-21-24-11-14-34-30(18-24)28-7-1-3-9-32(28)41(34)36-16-13-26(27-6-5-17-40-23-27)20-37(36)42-33-10-4-2-8-29(33)31-19-25(22-39)12-15-35(31)42/h1-20,23H. The van der Waals surface area contributed by atoms with Crippen molar-refractivity contribution in [1.82, 2.24) is 14.1 Å². The normalized spacial score (nSPS) is 11.3. The number of hydrogen-bond acceptors (Lipinski definition) is 3. The van der Waals surface area contributed by atoms with E-state index in [4.69, 9.17) is 0 Å². The van der Waals surface area contributed by atoms with Gasteiger partial charge in [0.15, 0.2) is 0 Å². The zero-order valence-electron chi connectivity index (χ0n) is 22.4. The second-order valence-electron chi connectivity index (χ2n) is 10.3. The van der Waals surface area contributed by atoms with Gasteiger partial charge in [0.1, 0.15) is 0 Å². The number of rotatable bonds is 3. The van der Waals surface area contributed by atoms with Crippen LogP contribution < -0.4 is 0 Å². The Labute approximate surface area is 241 Å². The quantitative estimate of drug-likeness (QED) is 0.227. The van der Waals surface area contributed by atoms with Crippen molar-refractivity contribution in [1.29, 1.82) is 10.5 Å². The third-order valence-corrected chi connectivity index (χ3v) is 8.06. The number of aromatic nitrogens is 3. The maximum absolute atomic E-state index is 9.68. The number of fused-ring (bicyclic) bond motifs is 6. The average molecular weight is 536 g/mol. The lowest BCUT2D eigenvalue weighted by Crippen LogP contribution is -2.04. The first-order chi connectivity index (χ1) is 20.7. The molecule has 0 aliphatic carbocycles. The van der Waals surface area contributed by atoms with Crippen molar-refractivity contribution in [3.05, 3.63) is 139 Å². The highest BCUT2D eigenvalue weighted by Crippen LogP contribution is 2.39. The van der Waals surface area contributed by atoms with E-state index in [0.717, 1.165) is 66.1 Å². The first kappa shape index (κ1) is 23.7. The largest absolute Gasteiger partial charge is 0.307 e. The minimum Gasteiger partial charge on any atom is -0.307 e. The van der Waals surface area contributed by atoms with Gasteiger partial charge in [0.05, 0.1) is 56.7 Å². The summed E-state index contributed by atoms with van der Waals surface area (Å²) in [6, 6.07) is 43.6. The fourth-order valence-corrected chi connectivity index (χ4v) is 6.21. The van der Waals surface area contributed by atoms with Gasteiger partial charge in [0.2, 0.25) is 0 Å². The van der Waals surface area contributed by atoms with Gasteiger partial charge in [-0.05, 0) is 72.3 Å². The molecular formula is C37H21N5. The summed E-state index contributed by atoms with van der Waals surface area (Å²) in [7, 11) is 0. The lowest BCUT2D eigenvalue weighted by atomic mass is 10.1. The number of nitriles is 2. The monoisotopic (exact) mass is 535 g/mol. The van der Waals surface area contributed by atoms with Gasteiger partial charge in [0.25, 0.3) is 0 Å². The molecule has 0 saturated carbocycles. The van der Waals surface area contributed by atoms with Crippen molar-refractivity contribution in [3.63, 3.8) is 0 Å². The van der Waals surface area contributed by atoms with Crippen molar-refractivity contribution in [2.75, 3.05) is 0 Å². The summed E-state index contributed by atoms with van der Waals surface area (Å²) in [5.41, 5.74) is 9.51. The fourth-order valence-electron chi connectivity index (χ4n) is 6.21. The maximum atomic E-state index is 9.68. The molecule has 0 spiro atoms. The van der Waals surface area contributed by atoms with E-state index in [1.165, 1.54) is 0 Å². The molecule has 0 bridgehead atoms. The first-order valence-electron chi connectivity index (χ1n) is 13.7. The van der Waals surface area contributed by atoms with Gasteiger partial charge in [-0.15, -0.1) is 0 Å². The highest BCUT2D eigenvalue weighted by Gasteiger charge is 2.20. The summed E-state index contributed by atoms with van der Waals surface area (Å²) in [5, 5.41) is 23.6. The smallest absolute Gasteiger partial charge is 0.0991 e. The Kier molecular flexibility index (Phi) is 5.19. The molecule has 0 aliphatic heterocycles. The Balaban J connectivity index is 1.54. The van der Waals surface area contributed by atoms with E-state index in [1.807, 2.05) is 60.8 Å². The van der Waals surface area contributed by atoms with Crippen LogP contribution in [0.1, 0.15) is 11.1 Å². The lowest BCUT2D eigenvalue weighted by molar-refractivity contribution is 1.10. The zero-order valence-corrected chi connectivity index (χ0v) is 22.4. The topological polar surface area (TPSA) is 70.3 Å². The second kappa shape index (κ2) is 9.20. The van der Waals surface area contributed by atoms with E-state index in [2.05, 4.69) is 86.9 Å². The molecule has 5 nitrogen and oxygen atoms in total. The minimum atomic E-state index is 0.630.